The molecule has 1 amide bonds. The van der Waals surface area contributed by atoms with E-state index in [2.05, 4.69) is 47.6 Å². The Morgan fingerprint density at radius 1 is 1.19 bits per heavy atom. The number of rotatable bonds is 3. The number of nitrogens with zero attached hydrogens (tertiary/aromatic N) is 2. The fraction of sp³-hybridized carbons (Fsp3) is 0.333. The van der Waals surface area contributed by atoms with Crippen molar-refractivity contribution in [2.75, 3.05) is 18.4 Å². The van der Waals surface area contributed by atoms with Crippen molar-refractivity contribution in [2.45, 2.75) is 32.7 Å². The number of para-hydroxylation sites is 1. The van der Waals surface area contributed by atoms with E-state index < -0.39 is 0 Å². The summed E-state index contributed by atoms with van der Waals surface area (Å²) >= 11 is 0. The van der Waals surface area contributed by atoms with E-state index in [1.807, 2.05) is 29.2 Å². The standard InChI is InChI=1S/C21H24N4O/c1-14-9-10-16(12-15(14)2)22-17-6-5-11-25(13-17)21(26)20-18-7-3-4-8-19(18)23-24-20/h3-4,7-10,12,17,22H,5-6,11,13H2,1-2H3,(H,23,24)/t17-/m1/s1. The molecule has 5 heteroatoms. The molecule has 134 valence electrons. The van der Waals surface area contributed by atoms with Crippen molar-refractivity contribution in [2.24, 2.45) is 0 Å². The Morgan fingerprint density at radius 3 is 2.88 bits per heavy atom. The lowest BCUT2D eigenvalue weighted by atomic mass is 10.0. The van der Waals surface area contributed by atoms with E-state index in [0.717, 1.165) is 36.0 Å². The molecule has 0 aliphatic carbocycles. The molecule has 4 rings (SSSR count). The Labute approximate surface area is 153 Å². The molecule has 1 aromatic heterocycles. The number of hydrogen-bond donors (Lipinski definition) is 2. The molecule has 2 N–H and O–H groups in total. The number of aryl methyl sites for hydroxylation is 2. The molecule has 0 radical (unpaired) electrons. The maximum Gasteiger partial charge on any atom is 0.275 e. The summed E-state index contributed by atoms with van der Waals surface area (Å²) in [5, 5.41) is 11.7. The smallest absolute Gasteiger partial charge is 0.275 e. The molecule has 0 saturated carbocycles. The minimum Gasteiger partial charge on any atom is -0.381 e. The van der Waals surface area contributed by atoms with Gasteiger partial charge in [-0.1, -0.05) is 24.3 Å². The van der Waals surface area contributed by atoms with Crippen molar-refractivity contribution in [3.05, 3.63) is 59.3 Å². The Morgan fingerprint density at radius 2 is 2.04 bits per heavy atom. The molecular weight excluding hydrogens is 324 g/mol. The van der Waals surface area contributed by atoms with E-state index in [-0.39, 0.29) is 11.9 Å². The van der Waals surface area contributed by atoms with Crippen LogP contribution in [0, 0.1) is 13.8 Å². The lowest BCUT2D eigenvalue weighted by Crippen LogP contribution is -2.45. The van der Waals surface area contributed by atoms with Crippen LogP contribution in [0.15, 0.2) is 42.5 Å². The monoisotopic (exact) mass is 348 g/mol. The van der Waals surface area contributed by atoms with Gasteiger partial charge in [-0.2, -0.15) is 5.10 Å². The first kappa shape index (κ1) is 16.6. The van der Waals surface area contributed by atoms with E-state index in [0.29, 0.717) is 12.2 Å². The van der Waals surface area contributed by atoms with Crippen LogP contribution in [0.25, 0.3) is 10.9 Å². The number of carbonyl (C=O) groups is 1. The molecule has 1 aliphatic heterocycles. The third-order valence-electron chi connectivity index (χ3n) is 5.26. The van der Waals surface area contributed by atoms with Crippen molar-refractivity contribution >= 4 is 22.5 Å². The lowest BCUT2D eigenvalue weighted by molar-refractivity contribution is 0.0711. The number of fused-ring (bicyclic) bond motifs is 1. The largest absolute Gasteiger partial charge is 0.381 e. The van der Waals surface area contributed by atoms with Crippen molar-refractivity contribution < 1.29 is 4.79 Å². The van der Waals surface area contributed by atoms with Crippen LogP contribution in [0.1, 0.15) is 34.5 Å². The number of nitrogens with one attached hydrogen (secondary N) is 2. The van der Waals surface area contributed by atoms with Crippen LogP contribution in [0.5, 0.6) is 0 Å². The summed E-state index contributed by atoms with van der Waals surface area (Å²) in [5.41, 5.74) is 5.12. The van der Waals surface area contributed by atoms with Gasteiger partial charge in [-0.3, -0.25) is 9.89 Å². The van der Waals surface area contributed by atoms with Gasteiger partial charge in [0.2, 0.25) is 0 Å². The zero-order chi connectivity index (χ0) is 18.1. The summed E-state index contributed by atoms with van der Waals surface area (Å²) in [6.45, 7) is 5.73. The maximum atomic E-state index is 13.0. The second kappa shape index (κ2) is 6.83. The summed E-state index contributed by atoms with van der Waals surface area (Å²) < 4.78 is 0. The molecule has 5 nitrogen and oxygen atoms in total. The molecule has 0 unspecified atom stereocenters. The van der Waals surface area contributed by atoms with Crippen LogP contribution in [0.4, 0.5) is 5.69 Å². The predicted octanol–water partition coefficient (Wildman–Crippen LogP) is 3.90. The summed E-state index contributed by atoms with van der Waals surface area (Å²) in [4.78, 5) is 14.9. The second-order valence-electron chi connectivity index (χ2n) is 7.15. The minimum absolute atomic E-state index is 0.00837. The maximum absolute atomic E-state index is 13.0. The molecule has 1 saturated heterocycles. The Hall–Kier alpha value is -2.82. The molecule has 1 atom stereocenters. The summed E-state index contributed by atoms with van der Waals surface area (Å²) in [5.74, 6) is 0.00837. The first-order chi connectivity index (χ1) is 12.6. The lowest BCUT2D eigenvalue weighted by Gasteiger charge is -2.33. The Balaban J connectivity index is 1.49. The van der Waals surface area contributed by atoms with Gasteiger partial charge in [0.05, 0.1) is 5.52 Å². The van der Waals surface area contributed by atoms with Crippen LogP contribution in [-0.4, -0.2) is 40.1 Å². The van der Waals surface area contributed by atoms with Gasteiger partial charge in [0, 0.05) is 30.2 Å². The highest BCUT2D eigenvalue weighted by atomic mass is 16.2. The van der Waals surface area contributed by atoms with E-state index in [1.165, 1.54) is 11.1 Å². The quantitative estimate of drug-likeness (QED) is 0.755. The van der Waals surface area contributed by atoms with Gasteiger partial charge < -0.3 is 10.2 Å². The topological polar surface area (TPSA) is 61.0 Å². The summed E-state index contributed by atoms with van der Waals surface area (Å²) in [7, 11) is 0. The number of aromatic amines is 1. The number of carbonyl (C=O) groups excluding carboxylic acids is 1. The normalized spacial score (nSPS) is 17.5. The van der Waals surface area contributed by atoms with Crippen LogP contribution in [-0.2, 0) is 0 Å². The van der Waals surface area contributed by atoms with Crippen LogP contribution < -0.4 is 5.32 Å². The SMILES string of the molecule is Cc1ccc(N[C@@H]2CCCN(C(=O)c3n[nH]c4ccccc34)C2)cc1C. The van der Waals surface area contributed by atoms with E-state index >= 15 is 0 Å². The van der Waals surface area contributed by atoms with E-state index in [1.54, 1.807) is 0 Å². The van der Waals surface area contributed by atoms with Crippen LogP contribution in [0.2, 0.25) is 0 Å². The average Bonchev–Trinajstić information content (AvgIpc) is 3.08. The van der Waals surface area contributed by atoms with Gasteiger partial charge in [0.15, 0.2) is 5.69 Å². The Bertz CT molecular complexity index is 946. The molecular formula is C21H24N4O. The van der Waals surface area contributed by atoms with E-state index in [9.17, 15) is 4.79 Å². The molecule has 0 bridgehead atoms. The predicted molar refractivity (Wildman–Crippen MR) is 105 cm³/mol. The number of hydrogen-bond acceptors (Lipinski definition) is 3. The molecule has 3 aromatic rings. The molecule has 0 spiro atoms. The highest BCUT2D eigenvalue weighted by Gasteiger charge is 2.27. The molecule has 1 aliphatic rings. The number of aromatic nitrogens is 2. The number of H-pyrrole nitrogens is 1. The third kappa shape index (κ3) is 3.17. The molecule has 2 heterocycles. The average molecular weight is 348 g/mol. The molecule has 26 heavy (non-hydrogen) atoms. The minimum atomic E-state index is 0.00837. The van der Waals surface area contributed by atoms with Gasteiger partial charge in [-0.15, -0.1) is 0 Å². The second-order valence-corrected chi connectivity index (χ2v) is 7.15. The molecule has 2 aromatic carbocycles. The van der Waals surface area contributed by atoms with E-state index in [4.69, 9.17) is 0 Å². The summed E-state index contributed by atoms with van der Waals surface area (Å²) in [6, 6.07) is 14.5. The van der Waals surface area contributed by atoms with Gasteiger partial charge in [-0.25, -0.2) is 0 Å². The third-order valence-corrected chi connectivity index (χ3v) is 5.26. The van der Waals surface area contributed by atoms with Gasteiger partial charge in [0.1, 0.15) is 0 Å². The Kier molecular flexibility index (Phi) is 4.37. The number of benzene rings is 2. The van der Waals surface area contributed by atoms with Gasteiger partial charge in [0.25, 0.3) is 5.91 Å². The zero-order valence-corrected chi connectivity index (χ0v) is 15.2. The number of amides is 1. The summed E-state index contributed by atoms with van der Waals surface area (Å²) in [6.07, 6.45) is 2.06. The van der Waals surface area contributed by atoms with Crippen molar-refractivity contribution in [1.29, 1.82) is 0 Å². The zero-order valence-electron chi connectivity index (χ0n) is 15.2. The van der Waals surface area contributed by atoms with Gasteiger partial charge in [-0.05, 0) is 56.0 Å². The van der Waals surface area contributed by atoms with Crippen LogP contribution in [0.3, 0.4) is 0 Å². The number of anilines is 1. The number of piperidine rings is 1. The van der Waals surface area contributed by atoms with Crippen molar-refractivity contribution in [3.8, 4) is 0 Å². The van der Waals surface area contributed by atoms with Crippen molar-refractivity contribution in [3.63, 3.8) is 0 Å². The molecule has 1 fully saturated rings. The fourth-order valence-corrected chi connectivity index (χ4v) is 3.62. The fourth-order valence-electron chi connectivity index (χ4n) is 3.62. The highest BCUT2D eigenvalue weighted by molar-refractivity contribution is 6.04. The highest BCUT2D eigenvalue weighted by Crippen LogP contribution is 2.22. The number of likely N-dealkylation sites (tertiary alicyclic amines) is 1. The van der Waals surface area contributed by atoms with Crippen LogP contribution >= 0.6 is 0 Å². The first-order valence-electron chi connectivity index (χ1n) is 9.18. The van der Waals surface area contributed by atoms with Crippen molar-refractivity contribution in [1.82, 2.24) is 15.1 Å². The van der Waals surface area contributed by atoms with Gasteiger partial charge >= 0.3 is 0 Å². The first-order valence-corrected chi connectivity index (χ1v) is 9.18.